The monoisotopic (exact) mass is 329 g/mol. The lowest BCUT2D eigenvalue weighted by Gasteiger charge is -2.12. The van der Waals surface area contributed by atoms with Crippen molar-refractivity contribution < 1.29 is 24.2 Å². The van der Waals surface area contributed by atoms with Crippen LogP contribution < -0.4 is 10.1 Å². The standard InChI is InChI=1S/C18H19NO5/c1-23-18(22)19-14-10-6-11-15(20)17(14)24-16(21)12-5-9-13-7-3-2-4-8-13/h2-4,6-8,10-11,20H,5,9,12H2,1H3,(H,19,22). The Kier molecular flexibility index (Phi) is 6.19. The third kappa shape index (κ3) is 5.01. The molecule has 0 aliphatic heterocycles. The molecule has 0 fully saturated rings. The molecule has 0 aromatic heterocycles. The fraction of sp³-hybridized carbons (Fsp3) is 0.222. The summed E-state index contributed by atoms with van der Waals surface area (Å²) in [6.07, 6.45) is 0.850. The number of phenols is 1. The lowest BCUT2D eigenvalue weighted by Crippen LogP contribution is -2.14. The number of aromatic hydroxyl groups is 1. The maximum atomic E-state index is 12.0. The summed E-state index contributed by atoms with van der Waals surface area (Å²) in [5.41, 5.74) is 1.30. The molecule has 0 unspecified atom stereocenters. The van der Waals surface area contributed by atoms with Crippen LogP contribution in [0.5, 0.6) is 11.5 Å². The molecule has 0 bridgehead atoms. The van der Waals surface area contributed by atoms with Crippen molar-refractivity contribution in [1.82, 2.24) is 0 Å². The molecule has 0 spiro atoms. The van der Waals surface area contributed by atoms with Gasteiger partial charge in [-0.2, -0.15) is 0 Å². The second-order valence-electron chi connectivity index (χ2n) is 5.08. The number of hydrogen-bond acceptors (Lipinski definition) is 5. The first-order chi connectivity index (χ1) is 11.6. The number of ether oxygens (including phenoxy) is 2. The molecule has 2 N–H and O–H groups in total. The van der Waals surface area contributed by atoms with Crippen molar-refractivity contribution in [2.24, 2.45) is 0 Å². The molecule has 0 saturated heterocycles. The number of carbonyl (C=O) groups excluding carboxylic acids is 2. The Morgan fingerprint density at radius 3 is 2.54 bits per heavy atom. The topological polar surface area (TPSA) is 84.9 Å². The van der Waals surface area contributed by atoms with Crippen molar-refractivity contribution in [3.63, 3.8) is 0 Å². The quantitative estimate of drug-likeness (QED) is 0.626. The number of amides is 1. The fourth-order valence-electron chi connectivity index (χ4n) is 2.14. The minimum atomic E-state index is -0.720. The Morgan fingerprint density at radius 2 is 1.83 bits per heavy atom. The summed E-state index contributed by atoms with van der Waals surface area (Å²) in [7, 11) is 1.22. The van der Waals surface area contributed by atoms with E-state index in [1.807, 2.05) is 30.3 Å². The third-order valence-electron chi connectivity index (χ3n) is 3.32. The van der Waals surface area contributed by atoms with Crippen LogP contribution in [0.25, 0.3) is 0 Å². The highest BCUT2D eigenvalue weighted by atomic mass is 16.5. The van der Waals surface area contributed by atoms with Gasteiger partial charge in [-0.15, -0.1) is 0 Å². The van der Waals surface area contributed by atoms with Crippen molar-refractivity contribution in [1.29, 1.82) is 0 Å². The van der Waals surface area contributed by atoms with Crippen LogP contribution in [0.1, 0.15) is 18.4 Å². The van der Waals surface area contributed by atoms with Gasteiger partial charge in [0.2, 0.25) is 0 Å². The first-order valence-electron chi connectivity index (χ1n) is 7.51. The van der Waals surface area contributed by atoms with Gasteiger partial charge in [0.25, 0.3) is 0 Å². The fourth-order valence-corrected chi connectivity index (χ4v) is 2.14. The maximum absolute atomic E-state index is 12.0. The van der Waals surface area contributed by atoms with Crippen LogP contribution in [0.4, 0.5) is 10.5 Å². The molecule has 2 rings (SSSR count). The number of para-hydroxylation sites is 1. The van der Waals surface area contributed by atoms with Gasteiger partial charge in [-0.25, -0.2) is 4.79 Å². The smallest absolute Gasteiger partial charge is 0.411 e. The Morgan fingerprint density at radius 1 is 1.08 bits per heavy atom. The van der Waals surface area contributed by atoms with Gasteiger partial charge in [0.15, 0.2) is 11.5 Å². The minimum absolute atomic E-state index is 0.0902. The van der Waals surface area contributed by atoms with Crippen molar-refractivity contribution in [3.8, 4) is 11.5 Å². The summed E-state index contributed by atoms with van der Waals surface area (Å²) in [6, 6.07) is 14.2. The molecule has 0 aliphatic rings. The average Bonchev–Trinajstić information content (AvgIpc) is 2.59. The van der Waals surface area contributed by atoms with Crippen molar-refractivity contribution in [2.75, 3.05) is 12.4 Å². The van der Waals surface area contributed by atoms with Crippen LogP contribution in [0.2, 0.25) is 0 Å². The van der Waals surface area contributed by atoms with Gasteiger partial charge in [-0.1, -0.05) is 36.4 Å². The van der Waals surface area contributed by atoms with E-state index < -0.39 is 12.1 Å². The largest absolute Gasteiger partial charge is 0.504 e. The number of esters is 1. The summed E-state index contributed by atoms with van der Waals surface area (Å²) in [5, 5.41) is 12.2. The zero-order chi connectivity index (χ0) is 17.4. The number of anilines is 1. The molecule has 126 valence electrons. The van der Waals surface area contributed by atoms with E-state index in [0.717, 1.165) is 12.0 Å². The predicted octanol–water partition coefficient (Wildman–Crippen LogP) is 3.50. The van der Waals surface area contributed by atoms with Crippen LogP contribution in [0, 0.1) is 0 Å². The third-order valence-corrected chi connectivity index (χ3v) is 3.32. The molecule has 6 nitrogen and oxygen atoms in total. The van der Waals surface area contributed by atoms with E-state index in [9.17, 15) is 14.7 Å². The number of aryl methyl sites for hydroxylation is 1. The van der Waals surface area contributed by atoms with E-state index in [-0.39, 0.29) is 23.6 Å². The SMILES string of the molecule is COC(=O)Nc1cccc(O)c1OC(=O)CCCc1ccccc1. The van der Waals surface area contributed by atoms with Crippen molar-refractivity contribution >= 4 is 17.7 Å². The molecular weight excluding hydrogens is 310 g/mol. The average molecular weight is 329 g/mol. The van der Waals surface area contributed by atoms with Crippen LogP contribution in [0.3, 0.4) is 0 Å². The molecule has 0 saturated carbocycles. The molecule has 2 aromatic carbocycles. The highest BCUT2D eigenvalue weighted by Gasteiger charge is 2.15. The van der Waals surface area contributed by atoms with Gasteiger partial charge in [0.05, 0.1) is 12.8 Å². The van der Waals surface area contributed by atoms with Crippen LogP contribution in [-0.4, -0.2) is 24.3 Å². The van der Waals surface area contributed by atoms with Gasteiger partial charge < -0.3 is 14.6 Å². The number of methoxy groups -OCH3 is 1. The van der Waals surface area contributed by atoms with Gasteiger partial charge in [-0.05, 0) is 30.5 Å². The van der Waals surface area contributed by atoms with Gasteiger partial charge in [0.1, 0.15) is 0 Å². The molecule has 24 heavy (non-hydrogen) atoms. The summed E-state index contributed by atoms with van der Waals surface area (Å²) in [4.78, 5) is 23.3. The number of phenolic OH excluding ortho intramolecular Hbond substituents is 1. The van der Waals surface area contributed by atoms with Crippen LogP contribution >= 0.6 is 0 Å². The van der Waals surface area contributed by atoms with Crippen molar-refractivity contribution in [2.45, 2.75) is 19.3 Å². The minimum Gasteiger partial charge on any atom is -0.504 e. The summed E-state index contributed by atoms with van der Waals surface area (Å²) in [6.45, 7) is 0. The lowest BCUT2D eigenvalue weighted by molar-refractivity contribution is -0.134. The number of hydrogen-bond donors (Lipinski definition) is 2. The summed E-state index contributed by atoms with van der Waals surface area (Å²) >= 11 is 0. The Hall–Kier alpha value is -3.02. The molecule has 1 amide bonds. The molecule has 0 aliphatic carbocycles. The number of rotatable bonds is 6. The van der Waals surface area contributed by atoms with Crippen LogP contribution in [0.15, 0.2) is 48.5 Å². The normalized spacial score (nSPS) is 10.0. The zero-order valence-corrected chi connectivity index (χ0v) is 13.3. The maximum Gasteiger partial charge on any atom is 0.411 e. The second-order valence-corrected chi connectivity index (χ2v) is 5.08. The number of carbonyl (C=O) groups is 2. The second kappa shape index (κ2) is 8.57. The molecule has 6 heteroatoms. The van der Waals surface area contributed by atoms with E-state index in [4.69, 9.17) is 4.74 Å². The van der Waals surface area contributed by atoms with Gasteiger partial charge >= 0.3 is 12.1 Å². The van der Waals surface area contributed by atoms with Crippen molar-refractivity contribution in [3.05, 3.63) is 54.1 Å². The molecule has 0 heterocycles. The van der Waals surface area contributed by atoms with E-state index in [2.05, 4.69) is 10.1 Å². The number of nitrogens with one attached hydrogen (secondary N) is 1. The summed E-state index contributed by atoms with van der Waals surface area (Å²) in [5.74, 6) is -0.812. The lowest BCUT2D eigenvalue weighted by atomic mass is 10.1. The zero-order valence-electron chi connectivity index (χ0n) is 13.3. The first-order valence-corrected chi connectivity index (χ1v) is 7.51. The van der Waals surface area contributed by atoms with Crippen LogP contribution in [-0.2, 0) is 16.0 Å². The van der Waals surface area contributed by atoms with E-state index in [0.29, 0.717) is 6.42 Å². The first kappa shape index (κ1) is 17.3. The van der Waals surface area contributed by atoms with Gasteiger partial charge in [-0.3, -0.25) is 10.1 Å². The Bertz CT molecular complexity index is 700. The summed E-state index contributed by atoms with van der Waals surface area (Å²) < 4.78 is 9.70. The number of benzene rings is 2. The Labute approximate surface area is 140 Å². The predicted molar refractivity (Wildman–Crippen MR) is 89.1 cm³/mol. The molecule has 0 atom stereocenters. The highest BCUT2D eigenvalue weighted by molar-refractivity contribution is 5.88. The molecular formula is C18H19NO5. The van der Waals surface area contributed by atoms with E-state index >= 15 is 0 Å². The highest BCUT2D eigenvalue weighted by Crippen LogP contribution is 2.34. The Balaban J connectivity index is 1.94. The van der Waals surface area contributed by atoms with E-state index in [1.165, 1.54) is 25.3 Å². The molecule has 0 radical (unpaired) electrons. The van der Waals surface area contributed by atoms with Gasteiger partial charge in [0, 0.05) is 6.42 Å². The van der Waals surface area contributed by atoms with E-state index in [1.54, 1.807) is 0 Å². The molecule has 2 aromatic rings.